The fourth-order valence-electron chi connectivity index (χ4n) is 2.86. The summed E-state index contributed by atoms with van der Waals surface area (Å²) in [5, 5.41) is 21.2. The summed E-state index contributed by atoms with van der Waals surface area (Å²) in [6.45, 7) is 3.62. The molecule has 0 fully saturated rings. The minimum atomic E-state index is -1.53. The van der Waals surface area contributed by atoms with Gasteiger partial charge in [-0.2, -0.15) is 0 Å². The van der Waals surface area contributed by atoms with Gasteiger partial charge in [0, 0.05) is 6.92 Å². The Hall–Kier alpha value is -1.39. The second-order valence-corrected chi connectivity index (χ2v) is 6.59. The molecule has 0 spiro atoms. The third-order valence-corrected chi connectivity index (χ3v) is 4.33. The van der Waals surface area contributed by atoms with E-state index in [2.05, 4.69) is 36.5 Å². The lowest BCUT2D eigenvalue weighted by atomic mass is 10.0. The van der Waals surface area contributed by atoms with E-state index in [0.717, 1.165) is 12.0 Å². The Balaban J connectivity index is 2.32. The number of benzene rings is 1. The zero-order valence-electron chi connectivity index (χ0n) is 15.1. The molecule has 24 heavy (non-hydrogen) atoms. The SMILES string of the molecule is CCCCCCCCc1ccc(CCC(NC(C)=O)C(O)O)cc1. The second kappa shape index (κ2) is 12.0. The van der Waals surface area contributed by atoms with Crippen molar-refractivity contribution < 1.29 is 15.0 Å². The molecule has 3 N–H and O–H groups in total. The number of aliphatic hydroxyl groups excluding tert-OH is 1. The molecule has 0 aliphatic rings. The van der Waals surface area contributed by atoms with Crippen LogP contribution < -0.4 is 5.32 Å². The largest absolute Gasteiger partial charge is 0.366 e. The first-order valence-electron chi connectivity index (χ1n) is 9.24. The molecule has 0 aromatic heterocycles. The van der Waals surface area contributed by atoms with Gasteiger partial charge in [0.1, 0.15) is 0 Å². The Bertz CT molecular complexity index is 456. The molecular formula is C20H33NO3. The number of hydrogen-bond donors (Lipinski definition) is 3. The van der Waals surface area contributed by atoms with Crippen molar-refractivity contribution in [1.82, 2.24) is 5.32 Å². The van der Waals surface area contributed by atoms with Gasteiger partial charge in [0.05, 0.1) is 6.04 Å². The molecule has 0 bridgehead atoms. The number of nitrogens with one attached hydrogen (secondary N) is 1. The molecular weight excluding hydrogens is 302 g/mol. The predicted octanol–water partition coefficient (Wildman–Crippen LogP) is 3.34. The van der Waals surface area contributed by atoms with Gasteiger partial charge in [-0.25, -0.2) is 0 Å². The summed E-state index contributed by atoms with van der Waals surface area (Å²) in [6.07, 6.45) is 8.67. The molecule has 1 rings (SSSR count). The van der Waals surface area contributed by atoms with Gasteiger partial charge in [0.15, 0.2) is 6.29 Å². The molecule has 0 heterocycles. The summed E-state index contributed by atoms with van der Waals surface area (Å²) in [5.41, 5.74) is 2.51. The highest BCUT2D eigenvalue weighted by Crippen LogP contribution is 2.13. The van der Waals surface area contributed by atoms with Gasteiger partial charge in [0.2, 0.25) is 5.91 Å². The van der Waals surface area contributed by atoms with Crippen LogP contribution in [0.1, 0.15) is 69.9 Å². The van der Waals surface area contributed by atoms with Crippen molar-refractivity contribution in [1.29, 1.82) is 0 Å². The van der Waals surface area contributed by atoms with Crippen molar-refractivity contribution >= 4 is 5.91 Å². The van der Waals surface area contributed by atoms with Crippen LogP contribution in [-0.2, 0) is 17.6 Å². The minimum Gasteiger partial charge on any atom is -0.366 e. The molecule has 0 aliphatic heterocycles. The lowest BCUT2D eigenvalue weighted by molar-refractivity contribution is -0.125. The van der Waals surface area contributed by atoms with Gasteiger partial charge in [-0.15, -0.1) is 0 Å². The van der Waals surface area contributed by atoms with Crippen LogP contribution in [0.2, 0.25) is 0 Å². The van der Waals surface area contributed by atoms with Crippen molar-refractivity contribution in [3.05, 3.63) is 35.4 Å². The molecule has 4 heteroatoms. The Kier molecular flexibility index (Phi) is 10.4. The van der Waals surface area contributed by atoms with E-state index in [0.29, 0.717) is 12.8 Å². The zero-order valence-corrected chi connectivity index (χ0v) is 15.1. The number of aryl methyl sites for hydroxylation is 2. The van der Waals surface area contributed by atoms with Crippen LogP contribution in [0.3, 0.4) is 0 Å². The number of rotatable bonds is 12. The van der Waals surface area contributed by atoms with Gasteiger partial charge in [-0.3, -0.25) is 4.79 Å². The first kappa shape index (κ1) is 20.7. The zero-order chi connectivity index (χ0) is 17.8. The van der Waals surface area contributed by atoms with Crippen molar-refractivity contribution in [3.63, 3.8) is 0 Å². The summed E-state index contributed by atoms with van der Waals surface area (Å²) < 4.78 is 0. The van der Waals surface area contributed by atoms with Crippen LogP contribution in [0.5, 0.6) is 0 Å². The number of hydrogen-bond acceptors (Lipinski definition) is 3. The van der Waals surface area contributed by atoms with E-state index in [1.54, 1.807) is 0 Å². The van der Waals surface area contributed by atoms with E-state index < -0.39 is 12.3 Å². The summed E-state index contributed by atoms with van der Waals surface area (Å²) in [4.78, 5) is 11.1. The maximum absolute atomic E-state index is 11.1. The first-order valence-corrected chi connectivity index (χ1v) is 9.24. The predicted molar refractivity (Wildman–Crippen MR) is 97.7 cm³/mol. The maximum Gasteiger partial charge on any atom is 0.217 e. The topological polar surface area (TPSA) is 69.6 Å². The lowest BCUT2D eigenvalue weighted by Gasteiger charge is -2.19. The van der Waals surface area contributed by atoms with Crippen LogP contribution in [0, 0.1) is 0 Å². The third-order valence-electron chi connectivity index (χ3n) is 4.33. The van der Waals surface area contributed by atoms with Gasteiger partial charge < -0.3 is 15.5 Å². The quantitative estimate of drug-likeness (QED) is 0.405. The monoisotopic (exact) mass is 335 g/mol. The van der Waals surface area contributed by atoms with Crippen molar-refractivity contribution in [2.24, 2.45) is 0 Å². The summed E-state index contributed by atoms with van der Waals surface area (Å²) >= 11 is 0. The first-order chi connectivity index (χ1) is 11.5. The number of amides is 1. The van der Waals surface area contributed by atoms with Crippen molar-refractivity contribution in [2.75, 3.05) is 0 Å². The molecule has 1 amide bonds. The fourth-order valence-corrected chi connectivity index (χ4v) is 2.86. The van der Waals surface area contributed by atoms with E-state index in [1.807, 2.05) is 0 Å². The van der Waals surface area contributed by atoms with E-state index in [9.17, 15) is 15.0 Å². The van der Waals surface area contributed by atoms with Gasteiger partial charge >= 0.3 is 0 Å². The molecule has 4 nitrogen and oxygen atoms in total. The average molecular weight is 335 g/mol. The van der Waals surface area contributed by atoms with Crippen molar-refractivity contribution in [3.8, 4) is 0 Å². The number of carbonyl (C=O) groups is 1. The maximum atomic E-state index is 11.1. The van der Waals surface area contributed by atoms with E-state index in [1.165, 1.54) is 51.0 Å². The highest BCUT2D eigenvalue weighted by Gasteiger charge is 2.17. The molecule has 0 radical (unpaired) electrons. The van der Waals surface area contributed by atoms with Gasteiger partial charge in [-0.05, 0) is 36.8 Å². The molecule has 0 saturated carbocycles. The highest BCUT2D eigenvalue weighted by atomic mass is 16.5. The Morgan fingerprint density at radius 1 is 0.958 bits per heavy atom. The average Bonchev–Trinajstić information content (AvgIpc) is 2.55. The van der Waals surface area contributed by atoms with Crippen LogP contribution >= 0.6 is 0 Å². The summed E-state index contributed by atoms with van der Waals surface area (Å²) in [5.74, 6) is -0.248. The smallest absolute Gasteiger partial charge is 0.217 e. The second-order valence-electron chi connectivity index (χ2n) is 6.59. The fraction of sp³-hybridized carbons (Fsp3) is 0.650. The van der Waals surface area contributed by atoms with E-state index in [-0.39, 0.29) is 5.91 Å². The van der Waals surface area contributed by atoms with Crippen LogP contribution in [0.4, 0.5) is 0 Å². The Morgan fingerprint density at radius 3 is 2.04 bits per heavy atom. The molecule has 136 valence electrons. The molecule has 1 atom stereocenters. The molecule has 1 unspecified atom stereocenters. The molecule has 1 aromatic carbocycles. The van der Waals surface area contributed by atoms with E-state index >= 15 is 0 Å². The van der Waals surface area contributed by atoms with Crippen LogP contribution in [0.25, 0.3) is 0 Å². The normalized spacial score (nSPS) is 12.4. The minimum absolute atomic E-state index is 0.248. The molecule has 1 aromatic rings. The van der Waals surface area contributed by atoms with Gasteiger partial charge in [0.25, 0.3) is 0 Å². The standard InChI is InChI=1S/C20H33NO3/c1-3-4-5-6-7-8-9-17-10-12-18(13-11-17)14-15-19(20(23)24)21-16(2)22/h10-13,19-20,23-24H,3-9,14-15H2,1-2H3,(H,21,22). The van der Waals surface area contributed by atoms with Crippen LogP contribution in [-0.4, -0.2) is 28.5 Å². The Morgan fingerprint density at radius 2 is 1.50 bits per heavy atom. The summed E-state index contributed by atoms with van der Waals surface area (Å²) in [7, 11) is 0. The van der Waals surface area contributed by atoms with Gasteiger partial charge in [-0.1, -0.05) is 63.3 Å². The number of carbonyl (C=O) groups excluding carboxylic acids is 1. The summed E-state index contributed by atoms with van der Waals surface area (Å²) in [6, 6.07) is 7.89. The lowest BCUT2D eigenvalue weighted by Crippen LogP contribution is -2.42. The Labute approximate surface area is 146 Å². The van der Waals surface area contributed by atoms with E-state index in [4.69, 9.17) is 0 Å². The van der Waals surface area contributed by atoms with Crippen molar-refractivity contribution in [2.45, 2.75) is 84.0 Å². The number of unbranched alkanes of at least 4 members (excludes halogenated alkanes) is 5. The third kappa shape index (κ3) is 9.04. The molecule has 0 aliphatic carbocycles. The van der Waals surface area contributed by atoms with Crippen LogP contribution in [0.15, 0.2) is 24.3 Å². The molecule has 0 saturated heterocycles. The number of aliphatic hydroxyl groups is 2. The highest BCUT2D eigenvalue weighted by molar-refractivity contribution is 5.73.